The summed E-state index contributed by atoms with van der Waals surface area (Å²) in [4.78, 5) is 28.7. The maximum atomic E-state index is 13.9. The van der Waals surface area contributed by atoms with Crippen molar-refractivity contribution < 1.29 is 14.7 Å². The lowest BCUT2D eigenvalue weighted by Gasteiger charge is -2.34. The third kappa shape index (κ3) is 4.99. The second-order valence-electron chi connectivity index (χ2n) is 11.6. The zero-order valence-corrected chi connectivity index (χ0v) is 21.0. The smallest absolute Gasteiger partial charge is 0.248 e. The molecule has 1 saturated heterocycles. The lowest BCUT2D eigenvalue weighted by molar-refractivity contribution is -0.144. The number of β-amino-alcohol motifs (C(OH)–C–C–N with tert-alkyl or cyclic N) is 1. The molecule has 1 aliphatic heterocycles. The predicted molar refractivity (Wildman–Crippen MR) is 131 cm³/mol. The fourth-order valence-corrected chi connectivity index (χ4v) is 5.44. The summed E-state index contributed by atoms with van der Waals surface area (Å²) in [5.41, 5.74) is 2.92. The van der Waals surface area contributed by atoms with Crippen LogP contribution in [0.2, 0.25) is 0 Å². The van der Waals surface area contributed by atoms with E-state index in [2.05, 4.69) is 33.8 Å². The molecule has 2 N–H and O–H groups in total. The molecule has 0 spiro atoms. The molecular formula is C27H37N5O3. The largest absolute Gasteiger partial charge is 0.391 e. The number of carbonyl (C=O) groups is 2. The van der Waals surface area contributed by atoms with Crippen molar-refractivity contribution in [1.29, 1.82) is 0 Å². The van der Waals surface area contributed by atoms with Crippen LogP contribution in [0.1, 0.15) is 94.0 Å². The zero-order valence-electron chi connectivity index (χ0n) is 21.0. The Bertz CT molecular complexity index is 1080. The number of hydrogen-bond donors (Lipinski definition) is 2. The minimum atomic E-state index is -0.727. The fourth-order valence-electron chi connectivity index (χ4n) is 5.44. The highest BCUT2D eigenvalue weighted by Gasteiger charge is 2.45. The zero-order chi connectivity index (χ0) is 24.7. The van der Waals surface area contributed by atoms with Gasteiger partial charge in [-0.1, -0.05) is 56.7 Å². The van der Waals surface area contributed by atoms with Crippen LogP contribution in [0.3, 0.4) is 0 Å². The van der Waals surface area contributed by atoms with Gasteiger partial charge in [0.2, 0.25) is 11.8 Å². The Balaban J connectivity index is 1.32. The molecule has 1 aromatic heterocycles. The van der Waals surface area contributed by atoms with E-state index in [4.69, 9.17) is 0 Å². The van der Waals surface area contributed by atoms with Crippen LogP contribution in [0.4, 0.5) is 0 Å². The number of aliphatic hydroxyl groups is 1. The number of benzene rings is 1. The van der Waals surface area contributed by atoms with Crippen molar-refractivity contribution in [2.75, 3.05) is 6.54 Å². The van der Waals surface area contributed by atoms with Crippen molar-refractivity contribution in [3.8, 4) is 0 Å². The van der Waals surface area contributed by atoms with E-state index in [1.54, 1.807) is 9.58 Å². The fraction of sp³-hybridized carbons (Fsp3) is 0.630. The molecule has 3 aliphatic rings. The first-order chi connectivity index (χ1) is 16.7. The van der Waals surface area contributed by atoms with Gasteiger partial charge in [0, 0.05) is 31.6 Å². The van der Waals surface area contributed by atoms with Crippen molar-refractivity contribution in [3.05, 3.63) is 47.3 Å². The Morgan fingerprint density at radius 1 is 1.14 bits per heavy atom. The molecule has 2 saturated carbocycles. The maximum absolute atomic E-state index is 13.9. The third-order valence-electron chi connectivity index (χ3n) is 7.76. The highest BCUT2D eigenvalue weighted by molar-refractivity contribution is 5.90. The van der Waals surface area contributed by atoms with Crippen LogP contribution in [0.25, 0.3) is 0 Å². The molecule has 8 heteroatoms. The second-order valence-corrected chi connectivity index (χ2v) is 11.6. The standard InChI is InChI=1S/C27H37N5O3/c1-27(2,3)24(32-16-22(29-30-32)18-11-12-18)26(35)31-15-20(33)13-23(31)25(34)28-14-19-7-4-5-10-21(19)17-8-6-9-17/h4-5,7,10,16-18,20,23-24,33H,6,8-9,11-15H2,1-3H3,(H,28,34)/t20-,23+,24-/m1/s1. The first-order valence-corrected chi connectivity index (χ1v) is 13.0. The molecule has 3 fully saturated rings. The van der Waals surface area contributed by atoms with Gasteiger partial charge in [-0.25, -0.2) is 4.68 Å². The molecule has 2 amide bonds. The van der Waals surface area contributed by atoms with E-state index >= 15 is 0 Å². The number of aromatic nitrogens is 3. The van der Waals surface area contributed by atoms with E-state index in [9.17, 15) is 14.7 Å². The number of hydrogen-bond acceptors (Lipinski definition) is 5. The molecule has 0 radical (unpaired) electrons. The van der Waals surface area contributed by atoms with Crippen molar-refractivity contribution in [2.45, 2.75) is 95.9 Å². The van der Waals surface area contributed by atoms with Crippen molar-refractivity contribution in [2.24, 2.45) is 5.41 Å². The third-order valence-corrected chi connectivity index (χ3v) is 7.76. The minimum absolute atomic E-state index is 0.145. The van der Waals surface area contributed by atoms with Gasteiger partial charge >= 0.3 is 0 Å². The van der Waals surface area contributed by atoms with E-state index in [-0.39, 0.29) is 24.8 Å². The molecule has 8 nitrogen and oxygen atoms in total. The average Bonchev–Trinajstić information content (AvgIpc) is 3.38. The van der Waals surface area contributed by atoms with E-state index in [1.165, 1.54) is 24.8 Å². The number of likely N-dealkylation sites (tertiary alicyclic amines) is 1. The first kappa shape index (κ1) is 24.0. The number of nitrogens with zero attached hydrogens (tertiary/aromatic N) is 4. The molecule has 3 atom stereocenters. The normalized spacial score (nSPS) is 23.7. The van der Waals surface area contributed by atoms with Gasteiger partial charge in [0.05, 0.1) is 11.8 Å². The van der Waals surface area contributed by atoms with E-state index in [1.807, 2.05) is 33.0 Å². The van der Waals surface area contributed by atoms with Crippen LogP contribution in [0, 0.1) is 5.41 Å². The Morgan fingerprint density at radius 2 is 1.89 bits per heavy atom. The van der Waals surface area contributed by atoms with Gasteiger partial charge in [0.15, 0.2) is 0 Å². The van der Waals surface area contributed by atoms with Gasteiger partial charge in [-0.15, -0.1) is 5.10 Å². The predicted octanol–water partition coefficient (Wildman–Crippen LogP) is 3.29. The Morgan fingerprint density at radius 3 is 2.54 bits per heavy atom. The summed E-state index contributed by atoms with van der Waals surface area (Å²) < 4.78 is 1.66. The summed E-state index contributed by atoms with van der Waals surface area (Å²) in [6.07, 6.45) is 7.26. The highest BCUT2D eigenvalue weighted by atomic mass is 16.3. The summed E-state index contributed by atoms with van der Waals surface area (Å²) in [5, 5.41) is 22.1. The van der Waals surface area contributed by atoms with Crippen LogP contribution in [-0.2, 0) is 16.1 Å². The molecule has 35 heavy (non-hydrogen) atoms. The topological polar surface area (TPSA) is 100 Å². The molecule has 0 bridgehead atoms. The lowest BCUT2D eigenvalue weighted by atomic mass is 9.78. The molecule has 188 valence electrons. The summed E-state index contributed by atoms with van der Waals surface area (Å²) >= 11 is 0. The van der Waals surface area contributed by atoms with Gasteiger partial charge in [0.25, 0.3) is 0 Å². The maximum Gasteiger partial charge on any atom is 0.248 e. The lowest BCUT2D eigenvalue weighted by Crippen LogP contribution is -2.50. The number of nitrogens with one attached hydrogen (secondary N) is 1. The molecule has 1 aromatic carbocycles. The number of amides is 2. The Hall–Kier alpha value is -2.74. The summed E-state index contributed by atoms with van der Waals surface area (Å²) in [6.45, 7) is 6.55. The average molecular weight is 480 g/mol. The molecule has 0 unspecified atom stereocenters. The Labute approximate surface area is 207 Å². The van der Waals surface area contributed by atoms with Crippen LogP contribution in [-0.4, -0.2) is 55.5 Å². The molecule has 5 rings (SSSR count). The van der Waals surface area contributed by atoms with Gasteiger partial charge in [0.1, 0.15) is 12.1 Å². The van der Waals surface area contributed by atoms with Crippen molar-refractivity contribution in [1.82, 2.24) is 25.2 Å². The van der Waals surface area contributed by atoms with Gasteiger partial charge in [-0.05, 0) is 48.1 Å². The summed E-state index contributed by atoms with van der Waals surface area (Å²) in [6, 6.07) is 6.96. The van der Waals surface area contributed by atoms with Crippen LogP contribution in [0.15, 0.2) is 30.5 Å². The molecular weight excluding hydrogens is 442 g/mol. The van der Waals surface area contributed by atoms with E-state index in [0.717, 1.165) is 24.1 Å². The van der Waals surface area contributed by atoms with E-state index in [0.29, 0.717) is 18.4 Å². The SMILES string of the molecule is CC(C)(C)[C@@H](C(=O)N1C[C@H](O)C[C@H]1C(=O)NCc1ccccc1C1CCC1)n1cc(C2CC2)nn1. The van der Waals surface area contributed by atoms with Crippen LogP contribution < -0.4 is 5.32 Å². The van der Waals surface area contributed by atoms with Crippen LogP contribution >= 0.6 is 0 Å². The molecule has 2 aromatic rings. The van der Waals surface area contributed by atoms with Gasteiger partial charge in [-0.2, -0.15) is 0 Å². The Kier molecular flexibility index (Phi) is 6.42. The number of carbonyl (C=O) groups excluding carboxylic acids is 2. The van der Waals surface area contributed by atoms with Crippen LogP contribution in [0.5, 0.6) is 0 Å². The van der Waals surface area contributed by atoms with Crippen molar-refractivity contribution >= 4 is 11.8 Å². The molecule has 2 aliphatic carbocycles. The monoisotopic (exact) mass is 479 g/mol. The number of aliphatic hydroxyl groups excluding tert-OH is 1. The van der Waals surface area contributed by atoms with Gasteiger partial charge in [-0.3, -0.25) is 9.59 Å². The van der Waals surface area contributed by atoms with Crippen molar-refractivity contribution in [3.63, 3.8) is 0 Å². The number of rotatable bonds is 7. The highest BCUT2D eigenvalue weighted by Crippen LogP contribution is 2.40. The second kappa shape index (κ2) is 9.37. The summed E-state index contributed by atoms with van der Waals surface area (Å²) in [7, 11) is 0. The van der Waals surface area contributed by atoms with Gasteiger partial charge < -0.3 is 15.3 Å². The molecule has 2 heterocycles. The first-order valence-electron chi connectivity index (χ1n) is 13.0. The minimum Gasteiger partial charge on any atom is -0.391 e. The quantitative estimate of drug-likeness (QED) is 0.635. The van der Waals surface area contributed by atoms with E-state index < -0.39 is 23.6 Å². The summed E-state index contributed by atoms with van der Waals surface area (Å²) in [5.74, 6) is 0.596.